The highest BCUT2D eigenvalue weighted by Gasteiger charge is 2.29. The van der Waals surface area contributed by atoms with Crippen molar-refractivity contribution in [3.63, 3.8) is 0 Å². The summed E-state index contributed by atoms with van der Waals surface area (Å²) in [5.41, 5.74) is 5.18. The third-order valence-corrected chi connectivity index (χ3v) is 4.87. The standard InChI is InChI=1S/C13H13N3O6S/c14-9(8-13(17)18)10-5-3-7-15(10)23(21,22)12-6-2-1-4-11(12)16(19)20/h1-7,9H,8,14H2,(H,17,18). The molecule has 0 saturated heterocycles. The summed E-state index contributed by atoms with van der Waals surface area (Å²) >= 11 is 0. The minimum Gasteiger partial charge on any atom is -0.481 e. The van der Waals surface area contributed by atoms with E-state index in [4.69, 9.17) is 10.8 Å². The minimum absolute atomic E-state index is 0.0329. The molecule has 0 aliphatic carbocycles. The van der Waals surface area contributed by atoms with Gasteiger partial charge in [-0.3, -0.25) is 14.9 Å². The maximum atomic E-state index is 12.7. The molecule has 0 bridgehead atoms. The lowest BCUT2D eigenvalue weighted by Crippen LogP contribution is -2.23. The molecule has 10 heteroatoms. The summed E-state index contributed by atoms with van der Waals surface area (Å²) in [4.78, 5) is 20.5. The van der Waals surface area contributed by atoms with Crippen LogP contribution in [0.4, 0.5) is 5.69 Å². The van der Waals surface area contributed by atoms with Crippen LogP contribution in [0, 0.1) is 10.1 Å². The van der Waals surface area contributed by atoms with Gasteiger partial charge in [-0.2, -0.15) is 0 Å². The summed E-state index contributed by atoms with van der Waals surface area (Å²) < 4.78 is 26.1. The predicted octanol–water partition coefficient (Wildman–Crippen LogP) is 1.11. The molecular formula is C13H13N3O6S. The second-order valence-electron chi connectivity index (χ2n) is 4.66. The molecule has 2 rings (SSSR count). The summed E-state index contributed by atoms with van der Waals surface area (Å²) in [5.74, 6) is -1.19. The molecule has 2 aromatic rings. The Morgan fingerprint density at radius 1 is 1.30 bits per heavy atom. The van der Waals surface area contributed by atoms with Crippen molar-refractivity contribution in [2.75, 3.05) is 0 Å². The quantitative estimate of drug-likeness (QED) is 0.592. The molecule has 0 radical (unpaired) electrons. The van der Waals surface area contributed by atoms with Crippen molar-refractivity contribution in [3.8, 4) is 0 Å². The van der Waals surface area contributed by atoms with Gasteiger partial charge in [-0.1, -0.05) is 12.1 Å². The Hall–Kier alpha value is -2.72. The Labute approximate surface area is 131 Å². The Kier molecular flexibility index (Phi) is 4.48. The number of carboxylic acid groups (broad SMARTS) is 1. The molecule has 1 heterocycles. The number of aliphatic carboxylic acids is 1. The fourth-order valence-corrected chi connectivity index (χ4v) is 3.68. The molecule has 0 aliphatic heterocycles. The van der Waals surface area contributed by atoms with E-state index in [9.17, 15) is 23.3 Å². The minimum atomic E-state index is -4.28. The SMILES string of the molecule is NC(CC(=O)O)c1cccn1S(=O)(=O)c1ccccc1[N+](=O)[O-]. The summed E-state index contributed by atoms with van der Waals surface area (Å²) in [5, 5.41) is 19.8. The van der Waals surface area contributed by atoms with Crippen molar-refractivity contribution in [2.45, 2.75) is 17.4 Å². The van der Waals surface area contributed by atoms with E-state index >= 15 is 0 Å². The Morgan fingerprint density at radius 2 is 1.96 bits per heavy atom. The van der Waals surface area contributed by atoms with Crippen molar-refractivity contribution >= 4 is 21.7 Å². The van der Waals surface area contributed by atoms with Gasteiger partial charge >= 0.3 is 5.97 Å². The van der Waals surface area contributed by atoms with Gasteiger partial charge in [0.05, 0.1) is 23.1 Å². The normalized spacial score (nSPS) is 12.7. The van der Waals surface area contributed by atoms with Gasteiger partial charge in [-0.25, -0.2) is 12.4 Å². The van der Waals surface area contributed by atoms with Gasteiger partial charge in [-0.05, 0) is 18.2 Å². The summed E-state index contributed by atoms with van der Waals surface area (Å²) in [6.45, 7) is 0. The molecule has 3 N–H and O–H groups in total. The number of aromatic nitrogens is 1. The lowest BCUT2D eigenvalue weighted by Gasteiger charge is -2.14. The average molecular weight is 339 g/mol. The first-order chi connectivity index (χ1) is 10.7. The molecule has 9 nitrogen and oxygen atoms in total. The van der Waals surface area contributed by atoms with Crippen molar-refractivity contribution in [1.82, 2.24) is 3.97 Å². The fraction of sp³-hybridized carbons (Fsp3) is 0.154. The number of nitrogens with two attached hydrogens (primary N) is 1. The largest absolute Gasteiger partial charge is 0.481 e. The second kappa shape index (κ2) is 6.18. The molecule has 23 heavy (non-hydrogen) atoms. The molecular weight excluding hydrogens is 326 g/mol. The van der Waals surface area contributed by atoms with Crippen LogP contribution in [-0.2, 0) is 14.8 Å². The van der Waals surface area contributed by atoms with Crippen LogP contribution in [0.25, 0.3) is 0 Å². The van der Waals surface area contributed by atoms with Gasteiger partial charge in [0.15, 0.2) is 4.90 Å². The second-order valence-corrected chi connectivity index (χ2v) is 6.45. The van der Waals surface area contributed by atoms with E-state index < -0.39 is 44.0 Å². The maximum Gasteiger partial charge on any atom is 0.305 e. The lowest BCUT2D eigenvalue weighted by atomic mass is 10.1. The monoisotopic (exact) mass is 339 g/mol. The zero-order valence-corrected chi connectivity index (χ0v) is 12.5. The smallest absolute Gasteiger partial charge is 0.305 e. The first-order valence-corrected chi connectivity index (χ1v) is 7.82. The summed E-state index contributed by atoms with van der Waals surface area (Å²) in [6.07, 6.45) is 0.694. The van der Waals surface area contributed by atoms with Gasteiger partial charge in [0.2, 0.25) is 0 Å². The van der Waals surface area contributed by atoms with Crippen molar-refractivity contribution < 1.29 is 23.2 Å². The van der Waals surface area contributed by atoms with E-state index in [0.717, 1.165) is 16.1 Å². The van der Waals surface area contributed by atoms with Crippen LogP contribution >= 0.6 is 0 Å². The summed E-state index contributed by atoms with van der Waals surface area (Å²) in [6, 6.07) is 6.57. The zero-order valence-electron chi connectivity index (χ0n) is 11.7. The van der Waals surface area contributed by atoms with E-state index in [1.54, 1.807) is 0 Å². The van der Waals surface area contributed by atoms with Crippen LogP contribution in [0.2, 0.25) is 0 Å². The number of hydrogen-bond donors (Lipinski definition) is 2. The lowest BCUT2D eigenvalue weighted by molar-refractivity contribution is -0.387. The Balaban J connectivity index is 2.57. The number of nitrogens with zero attached hydrogens (tertiary/aromatic N) is 2. The molecule has 1 atom stereocenters. The first-order valence-electron chi connectivity index (χ1n) is 6.38. The van der Waals surface area contributed by atoms with Crippen molar-refractivity contribution in [2.24, 2.45) is 5.73 Å². The number of nitro benzene ring substituents is 1. The predicted molar refractivity (Wildman–Crippen MR) is 79.3 cm³/mol. The van der Waals surface area contributed by atoms with Crippen LogP contribution in [0.5, 0.6) is 0 Å². The number of nitro groups is 1. The number of benzene rings is 1. The maximum absolute atomic E-state index is 12.7. The molecule has 0 fully saturated rings. The van der Waals surface area contributed by atoms with Gasteiger partial charge < -0.3 is 10.8 Å². The zero-order chi connectivity index (χ0) is 17.2. The van der Waals surface area contributed by atoms with Crippen LogP contribution in [-0.4, -0.2) is 28.4 Å². The highest BCUT2D eigenvalue weighted by atomic mass is 32.2. The molecule has 1 aromatic heterocycles. The molecule has 0 aliphatic rings. The number of rotatable bonds is 6. The van der Waals surface area contributed by atoms with E-state index in [-0.39, 0.29) is 5.69 Å². The molecule has 1 unspecified atom stereocenters. The first kappa shape index (κ1) is 16.6. The van der Waals surface area contributed by atoms with E-state index in [1.807, 2.05) is 0 Å². The van der Waals surface area contributed by atoms with E-state index in [2.05, 4.69) is 0 Å². The average Bonchev–Trinajstić information content (AvgIpc) is 2.96. The third-order valence-electron chi connectivity index (χ3n) is 3.12. The molecule has 122 valence electrons. The van der Waals surface area contributed by atoms with Crippen molar-refractivity contribution in [3.05, 3.63) is 58.4 Å². The van der Waals surface area contributed by atoms with Crippen molar-refractivity contribution in [1.29, 1.82) is 0 Å². The topological polar surface area (TPSA) is 146 Å². The van der Waals surface area contributed by atoms with Gasteiger partial charge in [0.1, 0.15) is 0 Å². The number of carbonyl (C=O) groups is 1. The highest BCUT2D eigenvalue weighted by molar-refractivity contribution is 7.90. The van der Waals surface area contributed by atoms with Crippen LogP contribution in [0.3, 0.4) is 0 Å². The Bertz CT molecular complexity index is 858. The third kappa shape index (κ3) is 3.22. The van der Waals surface area contributed by atoms with Crippen LogP contribution < -0.4 is 5.73 Å². The van der Waals surface area contributed by atoms with Gasteiger partial charge in [0, 0.05) is 12.3 Å². The number of para-hydroxylation sites is 1. The molecule has 1 aromatic carbocycles. The Morgan fingerprint density at radius 3 is 2.57 bits per heavy atom. The number of carboxylic acids is 1. The van der Waals surface area contributed by atoms with Crippen LogP contribution in [0.1, 0.15) is 18.2 Å². The molecule has 0 spiro atoms. The van der Waals surface area contributed by atoms with E-state index in [0.29, 0.717) is 0 Å². The van der Waals surface area contributed by atoms with E-state index in [1.165, 1.54) is 30.5 Å². The molecule has 0 saturated carbocycles. The van der Waals surface area contributed by atoms with Gasteiger partial charge in [0.25, 0.3) is 15.7 Å². The number of hydrogen-bond acceptors (Lipinski definition) is 6. The molecule has 0 amide bonds. The fourth-order valence-electron chi connectivity index (χ4n) is 2.11. The summed E-state index contributed by atoms with van der Waals surface area (Å²) in [7, 11) is -4.28. The highest BCUT2D eigenvalue weighted by Crippen LogP contribution is 2.28. The van der Waals surface area contributed by atoms with Crippen LogP contribution in [0.15, 0.2) is 47.5 Å². The van der Waals surface area contributed by atoms with Gasteiger partial charge in [-0.15, -0.1) is 0 Å².